The monoisotopic (exact) mass is 920 g/mol. The van der Waals surface area contributed by atoms with Crippen LogP contribution in [-0.2, 0) is 0 Å². The smallest absolute Gasteiger partial charge is 0.335 e. The summed E-state index contributed by atoms with van der Waals surface area (Å²) in [6.45, 7) is 0.261. The van der Waals surface area contributed by atoms with E-state index in [9.17, 15) is 39.6 Å². The summed E-state index contributed by atoms with van der Waals surface area (Å²) in [5.41, 5.74) is 6.60. The molecule has 8 aromatic rings. The van der Waals surface area contributed by atoms with Gasteiger partial charge in [0.25, 0.3) is 0 Å². The summed E-state index contributed by atoms with van der Waals surface area (Å²) in [5.74, 6) is -1.79. The van der Waals surface area contributed by atoms with Crippen LogP contribution >= 0.6 is 0 Å². The fourth-order valence-corrected chi connectivity index (χ4v) is 7.39. The zero-order valence-electron chi connectivity index (χ0n) is 36.9. The summed E-state index contributed by atoms with van der Waals surface area (Å²) >= 11 is 0. The number of aromatic carboxylic acids is 4. The van der Waals surface area contributed by atoms with Gasteiger partial charge in [-0.1, -0.05) is 97.1 Å². The van der Waals surface area contributed by atoms with Gasteiger partial charge in [0, 0.05) is 0 Å². The third kappa shape index (κ3) is 11.8. The highest BCUT2D eigenvalue weighted by molar-refractivity contribution is 5.90. The number of hydrogen-bond acceptors (Lipinski definition) is 8. The third-order valence-electron chi connectivity index (χ3n) is 11.5. The SMILES string of the molecule is O=C(O)c1ccc(-c2ccc(OCC(COc3ccc(-c4ccc(C(=O)O)cc4)cc3)(COc3ccc(-c4ccc(C(=O)O)cc4)cc3)COc3ccc(-c4ccc(C(=O)O)cc4)cc3)cc2)cc1. The minimum atomic E-state index is -1.00. The van der Waals surface area contributed by atoms with E-state index < -0.39 is 29.3 Å². The van der Waals surface area contributed by atoms with Crippen LogP contribution in [0.1, 0.15) is 41.4 Å². The fourth-order valence-electron chi connectivity index (χ4n) is 7.39. The average Bonchev–Trinajstić information content (AvgIpc) is 3.39. The van der Waals surface area contributed by atoms with Crippen molar-refractivity contribution < 1.29 is 58.6 Å². The van der Waals surface area contributed by atoms with Crippen LogP contribution in [0, 0.1) is 5.41 Å². The molecule has 4 N–H and O–H groups in total. The summed E-state index contributed by atoms with van der Waals surface area (Å²) in [4.78, 5) is 45.7. The third-order valence-corrected chi connectivity index (χ3v) is 11.5. The van der Waals surface area contributed by atoms with E-state index in [1.807, 2.05) is 97.1 Å². The Bertz CT molecular complexity index is 2610. The van der Waals surface area contributed by atoms with Crippen molar-refractivity contribution in [1.29, 1.82) is 0 Å². The molecule has 8 aromatic carbocycles. The highest BCUT2D eigenvalue weighted by atomic mass is 16.5. The topological polar surface area (TPSA) is 186 Å². The van der Waals surface area contributed by atoms with Gasteiger partial charge in [0.1, 0.15) is 54.8 Å². The first-order chi connectivity index (χ1) is 33.4. The van der Waals surface area contributed by atoms with Crippen molar-refractivity contribution >= 4 is 23.9 Å². The number of ether oxygens (including phenoxy) is 4. The number of benzene rings is 8. The maximum absolute atomic E-state index is 11.4. The van der Waals surface area contributed by atoms with E-state index in [1.165, 1.54) is 0 Å². The summed E-state index contributed by atoms with van der Waals surface area (Å²) in [5, 5.41) is 37.4. The molecule has 12 heteroatoms. The number of carbonyl (C=O) groups is 4. The molecular weight excluding hydrogens is 877 g/mol. The van der Waals surface area contributed by atoms with Gasteiger partial charge in [-0.25, -0.2) is 19.2 Å². The minimum absolute atomic E-state index is 0.0652. The lowest BCUT2D eigenvalue weighted by Crippen LogP contribution is -2.45. The lowest BCUT2D eigenvalue weighted by Gasteiger charge is -2.33. The first-order valence-electron chi connectivity index (χ1n) is 21.7. The van der Waals surface area contributed by atoms with Gasteiger partial charge in [0.05, 0.1) is 22.3 Å². The van der Waals surface area contributed by atoms with E-state index in [1.54, 1.807) is 97.1 Å². The molecule has 0 aliphatic rings. The second-order valence-corrected chi connectivity index (χ2v) is 16.3. The molecular formula is C57H44O12. The van der Waals surface area contributed by atoms with E-state index in [0.717, 1.165) is 44.5 Å². The van der Waals surface area contributed by atoms with Gasteiger partial charge in [-0.3, -0.25) is 0 Å². The van der Waals surface area contributed by atoms with E-state index in [0.29, 0.717) is 23.0 Å². The van der Waals surface area contributed by atoms with E-state index >= 15 is 0 Å². The van der Waals surface area contributed by atoms with Crippen LogP contribution in [0.2, 0.25) is 0 Å². The van der Waals surface area contributed by atoms with Crippen molar-refractivity contribution in [3.8, 4) is 67.5 Å². The van der Waals surface area contributed by atoms with Crippen molar-refractivity contribution in [2.75, 3.05) is 26.4 Å². The Morgan fingerprint density at radius 1 is 0.261 bits per heavy atom. The Labute approximate surface area is 396 Å². The molecule has 0 bridgehead atoms. The number of rotatable bonds is 20. The normalized spacial score (nSPS) is 11.0. The molecule has 344 valence electrons. The summed E-state index contributed by atoms with van der Waals surface area (Å²) in [6, 6.07) is 56.2. The number of carboxylic acids is 4. The van der Waals surface area contributed by atoms with Crippen LogP contribution in [0.5, 0.6) is 23.0 Å². The molecule has 0 saturated carbocycles. The Kier molecular flexibility index (Phi) is 14.1. The molecule has 0 saturated heterocycles. The quantitative estimate of drug-likeness (QED) is 0.0568. The van der Waals surface area contributed by atoms with Crippen LogP contribution in [0.3, 0.4) is 0 Å². The first kappa shape index (κ1) is 46.4. The molecule has 0 atom stereocenters. The van der Waals surface area contributed by atoms with Crippen LogP contribution < -0.4 is 18.9 Å². The fraction of sp³-hybridized carbons (Fsp3) is 0.0877. The van der Waals surface area contributed by atoms with Crippen molar-refractivity contribution in [2.24, 2.45) is 5.41 Å². The van der Waals surface area contributed by atoms with Crippen molar-refractivity contribution in [3.05, 3.63) is 216 Å². The van der Waals surface area contributed by atoms with Crippen molar-refractivity contribution in [2.45, 2.75) is 0 Å². The lowest BCUT2D eigenvalue weighted by atomic mass is 9.91. The maximum Gasteiger partial charge on any atom is 0.335 e. The van der Waals surface area contributed by atoms with Gasteiger partial charge in [-0.2, -0.15) is 0 Å². The Balaban J connectivity index is 1.07. The van der Waals surface area contributed by atoms with Gasteiger partial charge >= 0.3 is 23.9 Å². The standard InChI is InChI=1S/C57H44O12/c58-53(59)45-9-1-37(2-10-45)41-17-25-49(26-18-41)66-33-57(34-67-50-27-19-42(20-28-50)38-3-11-46(12-4-38)54(60)61,35-68-51-29-21-43(22-30-51)39-5-13-47(14-6-39)55(62)63)36-69-52-31-23-44(24-32-52)40-7-15-48(16-8-40)56(64)65/h1-32H,33-36H2,(H,58,59)(H,60,61)(H,62,63)(H,64,65). The van der Waals surface area contributed by atoms with Crippen LogP contribution in [0.4, 0.5) is 0 Å². The zero-order chi connectivity index (χ0) is 48.3. The minimum Gasteiger partial charge on any atom is -0.493 e. The predicted octanol–water partition coefficient (Wildman–Crippen LogP) is 11.7. The Morgan fingerprint density at radius 3 is 0.551 bits per heavy atom. The van der Waals surface area contributed by atoms with E-state index in [2.05, 4.69) is 0 Å². The molecule has 0 aliphatic carbocycles. The maximum atomic E-state index is 11.4. The number of hydrogen-bond donors (Lipinski definition) is 4. The Morgan fingerprint density at radius 2 is 0.406 bits per heavy atom. The summed E-state index contributed by atoms with van der Waals surface area (Å²) < 4.78 is 26.2. The van der Waals surface area contributed by atoms with Crippen molar-refractivity contribution in [3.63, 3.8) is 0 Å². The molecule has 0 spiro atoms. The summed E-state index contributed by atoms with van der Waals surface area (Å²) in [7, 11) is 0. The van der Waals surface area contributed by atoms with Gasteiger partial charge in [-0.05, 0) is 142 Å². The highest BCUT2D eigenvalue weighted by Crippen LogP contribution is 2.32. The number of carboxylic acid groups (broad SMARTS) is 4. The molecule has 8 rings (SSSR count). The van der Waals surface area contributed by atoms with Gasteiger partial charge in [0.2, 0.25) is 0 Å². The predicted molar refractivity (Wildman–Crippen MR) is 260 cm³/mol. The van der Waals surface area contributed by atoms with Gasteiger partial charge in [0.15, 0.2) is 0 Å². The average molecular weight is 921 g/mol. The van der Waals surface area contributed by atoms with E-state index in [4.69, 9.17) is 18.9 Å². The molecule has 0 aliphatic heterocycles. The van der Waals surface area contributed by atoms with E-state index in [-0.39, 0.29) is 48.7 Å². The molecule has 0 unspecified atom stereocenters. The van der Waals surface area contributed by atoms with Crippen molar-refractivity contribution in [1.82, 2.24) is 0 Å². The second-order valence-electron chi connectivity index (χ2n) is 16.3. The molecule has 0 heterocycles. The molecule has 0 radical (unpaired) electrons. The molecule has 0 aromatic heterocycles. The molecule has 69 heavy (non-hydrogen) atoms. The highest BCUT2D eigenvalue weighted by Gasteiger charge is 2.36. The molecule has 12 nitrogen and oxygen atoms in total. The lowest BCUT2D eigenvalue weighted by molar-refractivity contribution is -0.00351. The van der Waals surface area contributed by atoms with Crippen LogP contribution in [0.15, 0.2) is 194 Å². The first-order valence-corrected chi connectivity index (χ1v) is 21.7. The largest absolute Gasteiger partial charge is 0.493 e. The molecule has 0 amide bonds. The van der Waals surface area contributed by atoms with Crippen LogP contribution in [0.25, 0.3) is 44.5 Å². The molecule has 0 fully saturated rings. The second kappa shape index (κ2) is 21.0. The van der Waals surface area contributed by atoms with Crippen LogP contribution in [-0.4, -0.2) is 70.7 Å². The Hall–Kier alpha value is -9.16. The summed E-state index contributed by atoms with van der Waals surface area (Å²) in [6.07, 6.45) is 0. The van der Waals surface area contributed by atoms with Gasteiger partial charge < -0.3 is 39.4 Å². The van der Waals surface area contributed by atoms with Gasteiger partial charge in [-0.15, -0.1) is 0 Å². The zero-order valence-corrected chi connectivity index (χ0v) is 36.9.